The predicted molar refractivity (Wildman–Crippen MR) is 580 cm³/mol. The number of piperidine rings is 1. The Balaban J connectivity index is 0.000000148. The third kappa shape index (κ3) is 28.5. The molecule has 12 aromatic rings. The standard InChI is InChI=1S/C29H30ClN3O5S2.C26H26ClN3O5S2.C26H23ClN2O5S2.C25H23ClN2O5S2/c30-26-10-11-28(39-26)40(37,38)19-24(34)16-20-4-7-23(8-5-20)33-27(35)18-21-17-22(6-9-25(21)29(33)36)31-12-15-32-13-2-1-3-14-32;1-29(2)12-11-28-19-5-8-22-18(14-19)15-24(32)30(26(22)33)20-6-3-17(4-7-20)13-21(31)16-37(34,35)25-10-9-23(27)36-25;27-23-9-10-25(35-23)36(33,34)15-21(30)11-16-3-6-20(7-4-16)29-24(31)13-18-12-19(28-14-17-1-2-17)5-8-22(18)26(29)32;1-2-11-27-18-5-8-21-17(13-18)14-23(30)28(25(21)31)19-6-3-16(4-7-19)12-20(29)15-35(32,33)24-10-9-22(26)34-24/h4-11,17,31H,1-3,12-16,18-19H2;3-10,14,28H,11-13,15-16H2,1-2H3;3-10,12,17,28H,1-2,11,13-15H2;3-10,13,27H,2,11-12,14-15H2,1H3. The summed E-state index contributed by atoms with van der Waals surface area (Å²) in [5, 5.41) is 13.3. The van der Waals surface area contributed by atoms with Crippen LogP contribution in [-0.4, -0.2) is 203 Å². The number of amides is 8. The maximum Gasteiger partial charge on any atom is 0.265 e. The highest BCUT2D eigenvalue weighted by atomic mass is 35.5. The summed E-state index contributed by atoms with van der Waals surface area (Å²) in [6.07, 6.45) is 7.30. The Morgan fingerprint density at radius 1 is 0.338 bits per heavy atom. The van der Waals surface area contributed by atoms with Crippen LogP contribution >= 0.6 is 91.8 Å². The smallest absolute Gasteiger partial charge is 0.265 e. The van der Waals surface area contributed by atoms with Crippen LogP contribution in [0.4, 0.5) is 45.5 Å². The number of likely N-dealkylation sites (tertiary alicyclic amines) is 1. The van der Waals surface area contributed by atoms with Gasteiger partial charge in [-0.1, -0.05) is 108 Å². The molecule has 0 radical (unpaired) electrons. The molecule has 4 aromatic heterocycles. The molecule has 772 valence electrons. The van der Waals surface area contributed by atoms with Crippen LogP contribution in [0.5, 0.6) is 0 Å². The lowest BCUT2D eigenvalue weighted by Crippen LogP contribution is -2.42. The van der Waals surface area contributed by atoms with Gasteiger partial charge in [-0.25, -0.2) is 53.3 Å². The zero-order valence-corrected chi connectivity index (χ0v) is 89.9. The molecule has 0 atom stereocenters. The Morgan fingerprint density at radius 2 is 0.601 bits per heavy atom. The second-order valence-electron chi connectivity index (χ2n) is 36.4. The fraction of sp³-hybridized carbons (Fsp3) is 0.283. The Kier molecular flexibility index (Phi) is 36.2. The third-order valence-corrected chi connectivity index (χ3v) is 38.6. The summed E-state index contributed by atoms with van der Waals surface area (Å²) >= 11 is 26.9. The van der Waals surface area contributed by atoms with Crippen molar-refractivity contribution in [1.29, 1.82) is 0 Å². The fourth-order valence-corrected chi connectivity index (χ4v) is 28.4. The molecule has 8 amide bonds. The summed E-state index contributed by atoms with van der Waals surface area (Å²) in [5.74, 6) is -6.55. The quantitative estimate of drug-likeness (QED) is 0.0261. The maximum absolute atomic E-state index is 13.3. The molecule has 2 fully saturated rings. The molecule has 30 nitrogen and oxygen atoms in total. The predicted octanol–water partition coefficient (Wildman–Crippen LogP) is 17.4. The van der Waals surface area contributed by atoms with E-state index in [0.717, 1.165) is 146 Å². The number of halogens is 4. The van der Waals surface area contributed by atoms with E-state index in [1.165, 1.54) is 80.6 Å². The van der Waals surface area contributed by atoms with Crippen LogP contribution in [0.1, 0.15) is 131 Å². The van der Waals surface area contributed by atoms with Gasteiger partial charge in [0.2, 0.25) is 23.6 Å². The SMILES string of the molecule is CCCNc1ccc2c(c1)CC(=O)N(c1ccc(CC(=O)CS(=O)(=O)c3ccc(Cl)s3)cc1)C2=O.CN(C)CCNc1ccc2c(c1)CC(=O)N(c1ccc(CC(=O)CS(=O)(=O)c3ccc(Cl)s3)cc1)C2=O.O=C(Cc1ccc(N2C(=O)Cc3cc(NCC4CC4)ccc3C2=O)cc1)CS(=O)(=O)c1ccc(Cl)s1.O=C(Cc1ccc(N2C(=O)Cc3cc(NCCN4CCCCC4)ccc3C2=O)cc1)CS(=O)(=O)c1ccc(Cl)s1. The van der Waals surface area contributed by atoms with Crippen LogP contribution < -0.4 is 40.9 Å². The van der Waals surface area contributed by atoms with Gasteiger partial charge in [0.25, 0.3) is 23.6 Å². The fourth-order valence-electron chi connectivity index (χ4n) is 17.2. The molecule has 4 N–H and O–H groups in total. The van der Waals surface area contributed by atoms with Crippen molar-refractivity contribution in [1.82, 2.24) is 9.80 Å². The minimum Gasteiger partial charge on any atom is -0.385 e. The number of benzene rings is 8. The largest absolute Gasteiger partial charge is 0.385 e. The molecule has 18 rings (SSSR count). The third-order valence-electron chi connectivity index (χ3n) is 24.7. The van der Waals surface area contributed by atoms with Gasteiger partial charge in [0.1, 0.15) is 39.8 Å². The van der Waals surface area contributed by atoms with Crippen molar-refractivity contribution in [3.8, 4) is 0 Å². The van der Waals surface area contributed by atoms with Crippen LogP contribution in [0.2, 0.25) is 17.3 Å². The van der Waals surface area contributed by atoms with E-state index in [9.17, 15) is 91.2 Å². The van der Waals surface area contributed by atoms with Gasteiger partial charge in [-0.05, 0) is 280 Å². The van der Waals surface area contributed by atoms with E-state index < -0.39 is 103 Å². The van der Waals surface area contributed by atoms with Crippen LogP contribution in [0.15, 0.2) is 235 Å². The zero-order chi connectivity index (χ0) is 106. The van der Waals surface area contributed by atoms with Gasteiger partial charge < -0.3 is 31.1 Å². The Hall–Kier alpha value is -12.1. The molecule has 148 heavy (non-hydrogen) atoms. The molecule has 1 saturated carbocycles. The topological polar surface area (TPSA) is 409 Å². The summed E-state index contributed by atoms with van der Waals surface area (Å²) in [6.45, 7) is 9.38. The van der Waals surface area contributed by atoms with Crippen molar-refractivity contribution < 1.29 is 91.2 Å². The van der Waals surface area contributed by atoms with Crippen molar-refractivity contribution in [3.63, 3.8) is 0 Å². The highest BCUT2D eigenvalue weighted by Gasteiger charge is 2.39. The van der Waals surface area contributed by atoms with Gasteiger partial charge in [-0.3, -0.25) is 57.5 Å². The highest BCUT2D eigenvalue weighted by molar-refractivity contribution is 7.95. The van der Waals surface area contributed by atoms with Gasteiger partial charge in [-0.2, -0.15) is 0 Å². The number of nitrogens with zero attached hydrogens (tertiary/aromatic N) is 6. The van der Waals surface area contributed by atoms with Gasteiger partial charge in [-0.15, -0.1) is 45.3 Å². The van der Waals surface area contributed by atoms with Crippen LogP contribution in [-0.2, 0) is 129 Å². The Labute approximate surface area is 892 Å². The van der Waals surface area contributed by atoms with Gasteiger partial charge in [0.05, 0.1) is 65.8 Å². The van der Waals surface area contributed by atoms with E-state index in [2.05, 4.69) is 38.0 Å². The van der Waals surface area contributed by atoms with Crippen molar-refractivity contribution in [2.45, 2.75) is 114 Å². The lowest BCUT2D eigenvalue weighted by molar-refractivity contribution is -0.118. The van der Waals surface area contributed by atoms with Crippen LogP contribution in [0.3, 0.4) is 0 Å². The molecular formula is C106H102Cl4N10O20S8. The number of fused-ring (bicyclic) bond motifs is 4. The minimum atomic E-state index is -3.76. The number of carbonyl (C=O) groups is 12. The molecule has 8 aromatic carbocycles. The first kappa shape index (κ1) is 110. The lowest BCUT2D eigenvalue weighted by atomic mass is 9.97. The van der Waals surface area contributed by atoms with Gasteiger partial charge >= 0.3 is 0 Å². The molecule has 1 saturated heterocycles. The Morgan fingerprint density at radius 3 is 0.851 bits per heavy atom. The monoisotopic (exact) mass is 2230 g/mol. The van der Waals surface area contributed by atoms with E-state index in [1.807, 2.05) is 62.6 Å². The summed E-state index contributed by atoms with van der Waals surface area (Å²) in [6, 6.07) is 59.0. The van der Waals surface area contributed by atoms with E-state index in [-0.39, 0.29) is 97.7 Å². The number of ketones is 4. The number of likely N-dealkylation sites (N-methyl/N-ethyl adjacent to an activating group) is 1. The number of carbonyl (C=O) groups excluding carboxylic acids is 12. The first-order valence-electron chi connectivity index (χ1n) is 47.3. The summed E-state index contributed by atoms with van der Waals surface area (Å²) in [5.41, 5.74) is 12.2. The molecule has 42 heteroatoms. The van der Waals surface area contributed by atoms with Crippen molar-refractivity contribution >= 4 is 247 Å². The number of rotatable bonds is 38. The second-order valence-corrected chi connectivity index (χ2v) is 52.2. The number of hydrogen-bond acceptors (Lipinski definition) is 30. The zero-order valence-electron chi connectivity index (χ0n) is 80.4. The maximum atomic E-state index is 13.3. The average molecular weight is 2230 g/mol. The number of hydrogen-bond donors (Lipinski definition) is 4. The Bertz CT molecular complexity index is 7620. The molecule has 6 aliphatic rings. The lowest BCUT2D eigenvalue weighted by Gasteiger charge is -2.28. The number of anilines is 8. The molecule has 0 unspecified atom stereocenters. The minimum absolute atomic E-state index is 0.0556. The van der Waals surface area contributed by atoms with Crippen molar-refractivity contribution in [2.75, 3.05) is 130 Å². The average Bonchev–Trinajstić information content (AvgIpc) is 1.39. The van der Waals surface area contributed by atoms with Crippen LogP contribution in [0.25, 0.3) is 0 Å². The van der Waals surface area contributed by atoms with E-state index in [0.29, 0.717) is 113 Å². The first-order valence-corrected chi connectivity index (χ1v) is 58.7. The normalized spacial score (nSPS) is 14.8. The highest BCUT2D eigenvalue weighted by Crippen LogP contribution is 2.38. The molecular weight excluding hydrogens is 2130 g/mol. The van der Waals surface area contributed by atoms with Gasteiger partial charge in [0.15, 0.2) is 62.5 Å². The van der Waals surface area contributed by atoms with Crippen molar-refractivity contribution in [3.05, 3.63) is 302 Å². The number of imide groups is 4. The van der Waals surface area contributed by atoms with Crippen LogP contribution in [0, 0.1) is 5.92 Å². The number of Topliss-reactive ketones (excluding diaryl/α,β-unsaturated/α-hetero) is 4. The number of sulfone groups is 4. The van der Waals surface area contributed by atoms with Gasteiger partial charge in [0, 0.05) is 110 Å². The molecule has 1 aliphatic carbocycles. The van der Waals surface area contributed by atoms with Crippen molar-refractivity contribution in [2.24, 2.45) is 5.92 Å². The molecule has 9 heterocycles. The van der Waals surface area contributed by atoms with E-state index in [4.69, 9.17) is 46.4 Å². The molecule has 5 aliphatic heterocycles. The second kappa shape index (κ2) is 48.7. The first-order chi connectivity index (χ1) is 70.6. The summed E-state index contributed by atoms with van der Waals surface area (Å²) in [7, 11) is -11.1. The summed E-state index contributed by atoms with van der Waals surface area (Å²) in [4.78, 5) is 163. The summed E-state index contributed by atoms with van der Waals surface area (Å²) < 4.78 is 101. The van der Waals surface area contributed by atoms with E-state index in [1.54, 1.807) is 121 Å². The number of thiophene rings is 4. The molecule has 0 spiro atoms. The molecule has 0 bridgehead atoms. The van der Waals surface area contributed by atoms with E-state index >= 15 is 0 Å². The number of nitrogens with one attached hydrogen (secondary N) is 4.